The van der Waals surface area contributed by atoms with Gasteiger partial charge in [-0.05, 0) is 216 Å². The normalized spacial score (nSPS) is 12.5. The molecule has 0 saturated heterocycles. The largest absolute Gasteiger partial charge is 0.512 e. The van der Waals surface area contributed by atoms with Crippen LogP contribution in [0.1, 0.15) is 217 Å². The molecule has 6 heterocycles. The average Bonchev–Trinajstić information content (AvgIpc) is 1.61. The molecule has 0 bridgehead atoms. The zero-order valence-corrected chi connectivity index (χ0v) is 92.6. The van der Waals surface area contributed by atoms with Crippen LogP contribution in [-0.2, 0) is 81.1 Å². The van der Waals surface area contributed by atoms with Crippen molar-refractivity contribution in [1.29, 1.82) is 0 Å². The molecule has 0 amide bonds. The van der Waals surface area contributed by atoms with E-state index in [0.29, 0.717) is 11.8 Å². The maximum Gasteiger partial charge on any atom is 0.162 e. The molecule has 6 aromatic heterocycles. The van der Waals surface area contributed by atoms with Gasteiger partial charge in [-0.3, -0.25) is 29.3 Å². The Balaban J connectivity index is 0.000000159. The number of para-hydroxylation sites is 3. The first-order valence-electron chi connectivity index (χ1n) is 51.5. The summed E-state index contributed by atoms with van der Waals surface area (Å²) in [5, 5.41) is 47.2. The fourth-order valence-electron chi connectivity index (χ4n) is 20.5. The number of benzene rings is 13. The Morgan fingerprint density at radius 2 is 0.632 bits per heavy atom. The van der Waals surface area contributed by atoms with Crippen LogP contribution < -0.4 is 0 Å². The Morgan fingerprint density at radius 1 is 0.333 bits per heavy atom. The number of ketones is 3. The number of furan rings is 3. The van der Waals surface area contributed by atoms with Gasteiger partial charge in [0.05, 0.1) is 50.6 Å². The number of hydrogen-bond donors (Lipinski definition) is 3. The van der Waals surface area contributed by atoms with Crippen molar-refractivity contribution < 1.29 is 103 Å². The molecule has 20 rings (SSSR count). The minimum absolute atomic E-state index is 0. The first-order valence-corrected chi connectivity index (χ1v) is 51.5. The van der Waals surface area contributed by atoms with Crippen LogP contribution in [0.15, 0.2) is 316 Å². The van der Waals surface area contributed by atoms with Crippen molar-refractivity contribution in [3.8, 4) is 44.9 Å². The van der Waals surface area contributed by atoms with Crippen molar-refractivity contribution in [2.75, 3.05) is 0 Å². The van der Waals surface area contributed by atoms with Crippen LogP contribution in [0.2, 0.25) is 0 Å². The van der Waals surface area contributed by atoms with Crippen molar-refractivity contribution in [3.05, 3.63) is 332 Å². The van der Waals surface area contributed by atoms with E-state index in [1.54, 1.807) is 0 Å². The van der Waals surface area contributed by atoms with E-state index in [-0.39, 0.29) is 130 Å². The molecule has 0 spiro atoms. The van der Waals surface area contributed by atoms with Crippen LogP contribution >= 0.6 is 0 Å². The molecule has 1 aliphatic rings. The van der Waals surface area contributed by atoms with Crippen molar-refractivity contribution in [2.45, 2.75) is 212 Å². The Bertz CT molecular complexity index is 7590. The smallest absolute Gasteiger partial charge is 0.162 e. The maximum absolute atomic E-state index is 11.7. The molecule has 1 fully saturated rings. The molecular weight excluding hydrogens is 2310 g/mol. The minimum Gasteiger partial charge on any atom is -0.512 e. The van der Waals surface area contributed by atoms with Gasteiger partial charge in [-0.2, -0.15) is 0 Å². The van der Waals surface area contributed by atoms with E-state index in [0.717, 1.165) is 205 Å². The third-order valence-electron chi connectivity index (χ3n) is 28.7. The first kappa shape index (κ1) is 111. The maximum atomic E-state index is 11.7. The monoisotopic (exact) mass is 2450 g/mol. The van der Waals surface area contributed by atoms with Crippen LogP contribution in [0.3, 0.4) is 0 Å². The van der Waals surface area contributed by atoms with Crippen molar-refractivity contribution >= 4 is 148 Å². The van der Waals surface area contributed by atoms with Gasteiger partial charge in [0.1, 0.15) is 16.7 Å². The number of pyridine rings is 3. The number of aromatic nitrogens is 3. The zero-order chi connectivity index (χ0) is 99.3. The minimum atomic E-state index is 0. The number of carbonyl (C=O) groups excluding carboxylic acids is 3. The van der Waals surface area contributed by atoms with Crippen molar-refractivity contribution in [2.24, 2.45) is 41.4 Å². The molecule has 3 radical (unpaired) electrons. The molecule has 0 atom stereocenters. The van der Waals surface area contributed by atoms with Gasteiger partial charge >= 0.3 is 0 Å². The second-order valence-corrected chi connectivity index (χ2v) is 37.9. The molecule has 19 aromatic rings. The molecule has 749 valence electrons. The van der Waals surface area contributed by atoms with Gasteiger partial charge in [0, 0.05) is 146 Å². The summed E-state index contributed by atoms with van der Waals surface area (Å²) in [6.45, 7) is 28.7. The first-order chi connectivity index (χ1) is 68.7. The molecule has 3 N–H and O–H groups in total. The molecule has 13 aromatic carbocycles. The van der Waals surface area contributed by atoms with Crippen molar-refractivity contribution in [3.63, 3.8) is 0 Å². The third-order valence-corrected chi connectivity index (χ3v) is 28.7. The van der Waals surface area contributed by atoms with Gasteiger partial charge in [-0.1, -0.05) is 337 Å². The number of hydrogen-bond acceptors (Lipinski definition) is 12. The van der Waals surface area contributed by atoms with Gasteiger partial charge in [0.15, 0.2) is 17.3 Å². The van der Waals surface area contributed by atoms with Crippen LogP contribution in [0.5, 0.6) is 0 Å². The molecule has 1 saturated carbocycles. The summed E-state index contributed by atoms with van der Waals surface area (Å²) in [6, 6.07) is 103. The van der Waals surface area contributed by atoms with Gasteiger partial charge in [0.25, 0.3) is 0 Å². The molecule has 1 aliphatic carbocycles. The molecule has 15 heteroatoms. The standard InChI is InChI=1S/C31H18NO.C30H22NO.C29H22NO.3C13H24O2.3Ir/c1-2-9-20(10-3-1)26-19-28(32-27-18-17-21-11-4-5-12-22(21)30(26)27)25-15-8-14-24-23-13-6-7-16-29(23)33-31(24)25;1-2-9-19(8-1)25-18-27(31-26-17-16-20-10-3-4-11-21(20)29(25)26)24-14-7-13-23-22-12-5-6-15-28(22)32-30(23)24;1-18(2)16-20-17-26(30-25-15-14-19-8-3-4-9-21(19)28(20)25)24-12-7-11-23-22-10-5-6-13-27(22)31-29(23)24;3*1-5-10(6-2)12(14)9-13(15)11(7-3)8-4;;;/h1-14,16-19H;3-7,10-13,15-19H,1-2,8-9H2;3-11,13-15,17-18H,16H2,1-2H3;3*9-11,14H,5-8H2,1-4H3;;;/q3*-1;;;;;;. The number of carbonyl (C=O) groups is 3. The molecule has 12 nitrogen and oxygen atoms in total. The number of allylic oxidation sites excluding steroid dienone is 6. The summed E-state index contributed by atoms with van der Waals surface area (Å²) < 4.78 is 18.9. The predicted molar refractivity (Wildman–Crippen MR) is 589 cm³/mol. The topological polar surface area (TPSA) is 190 Å². The van der Waals surface area contributed by atoms with E-state index in [1.165, 1.54) is 109 Å². The summed E-state index contributed by atoms with van der Waals surface area (Å²) >= 11 is 0. The van der Waals surface area contributed by atoms with E-state index in [1.807, 2.05) is 150 Å². The Labute approximate surface area is 889 Å². The average molecular weight is 2450 g/mol. The fraction of sp³-hybridized carbons (Fsp3) is 0.302. The van der Waals surface area contributed by atoms with Crippen LogP contribution in [0.4, 0.5) is 0 Å². The summed E-state index contributed by atoms with van der Waals surface area (Å²) in [6.07, 6.45) is 20.8. The van der Waals surface area contributed by atoms with E-state index in [4.69, 9.17) is 28.2 Å². The van der Waals surface area contributed by atoms with Gasteiger partial charge in [-0.15, -0.1) is 54.6 Å². The van der Waals surface area contributed by atoms with E-state index in [9.17, 15) is 29.7 Å². The molecule has 144 heavy (non-hydrogen) atoms. The number of nitrogens with zero attached hydrogens (tertiary/aromatic N) is 3. The second-order valence-electron chi connectivity index (χ2n) is 37.9. The Kier molecular flexibility index (Phi) is 40.4. The van der Waals surface area contributed by atoms with Gasteiger partial charge < -0.3 is 28.6 Å². The number of aliphatic hydroxyl groups is 3. The number of rotatable bonds is 28. The third kappa shape index (κ3) is 25.0. The fourth-order valence-corrected chi connectivity index (χ4v) is 20.5. The van der Waals surface area contributed by atoms with Crippen molar-refractivity contribution in [1.82, 2.24) is 15.0 Å². The predicted octanol–water partition coefficient (Wildman–Crippen LogP) is 36.4. The number of aliphatic hydroxyl groups excluding tert-OH is 3. The van der Waals surface area contributed by atoms with Crippen LogP contribution in [-0.4, -0.2) is 47.6 Å². The van der Waals surface area contributed by atoms with Crippen LogP contribution in [0, 0.1) is 59.6 Å². The zero-order valence-electron chi connectivity index (χ0n) is 85.4. The SMILES string of the molecule is CC(C)Cc1cc(-c2[c-]ccc3c2oc2ccccc23)nc2ccc3ccccc3c12.CCC(CC)C(=O)C=C(O)C(CC)CC.CCC(CC)C(=O)C=C(O)C(CC)CC.CCC(CC)C(=O)C=C(O)C(CC)CC.[Ir].[Ir].[Ir].[c-]1ccc2c(oc3ccccc32)c1-c1cc(-c2ccccc2)c2c(ccc3ccccc32)n1.[c-]1ccc2c(oc3ccccc32)c1-c1cc(C2CCCC2)c2c(ccc3ccccc32)n1. The summed E-state index contributed by atoms with van der Waals surface area (Å²) in [4.78, 5) is 50.5. The van der Waals surface area contributed by atoms with Gasteiger partial charge in [-0.25, -0.2) is 0 Å². The number of fused-ring (bicyclic) bond motifs is 18. The second kappa shape index (κ2) is 52.6. The van der Waals surface area contributed by atoms with Gasteiger partial charge in [0.2, 0.25) is 0 Å². The van der Waals surface area contributed by atoms with Crippen LogP contribution in [0.25, 0.3) is 176 Å². The quantitative estimate of drug-likeness (QED) is 0.0182. The van der Waals surface area contributed by atoms with E-state index >= 15 is 0 Å². The molecular formula is C129H134Ir3N3O9-3. The Hall–Kier alpha value is -12.2. The summed E-state index contributed by atoms with van der Waals surface area (Å²) in [5.41, 5.74) is 18.9. The Morgan fingerprint density at radius 3 is 0.986 bits per heavy atom. The van der Waals surface area contributed by atoms with E-state index in [2.05, 4.69) is 232 Å². The summed E-state index contributed by atoms with van der Waals surface area (Å²) in [7, 11) is 0. The summed E-state index contributed by atoms with van der Waals surface area (Å²) in [5.74, 6) is 2.77. The van der Waals surface area contributed by atoms with E-state index < -0.39 is 0 Å². The molecule has 0 aliphatic heterocycles. The molecule has 0 unspecified atom stereocenters.